The van der Waals surface area contributed by atoms with Gasteiger partial charge in [-0.05, 0) is 32.6 Å². The highest BCUT2D eigenvalue weighted by Gasteiger charge is 2.34. The Morgan fingerprint density at radius 3 is 1.56 bits per heavy atom. The smallest absolute Gasteiger partial charge is 0.328 e. The molecule has 0 rings (SSSR count). The summed E-state index contributed by atoms with van der Waals surface area (Å²) in [6, 6.07) is -9.74. The van der Waals surface area contributed by atoms with Gasteiger partial charge in [-0.15, -0.1) is 0 Å². The molecule has 0 heterocycles. The summed E-state index contributed by atoms with van der Waals surface area (Å²) in [5, 5.41) is 60.0. The lowest BCUT2D eigenvalue weighted by Crippen LogP contribution is -2.60. The summed E-state index contributed by atoms with van der Waals surface area (Å²) in [5.41, 5.74) is 5.17. The topological polar surface area (TPSA) is 353 Å². The maximum absolute atomic E-state index is 13.3. The summed E-state index contributed by atoms with van der Waals surface area (Å²) in [6.45, 7) is 4.17. The van der Waals surface area contributed by atoms with E-state index in [1.165, 1.54) is 6.92 Å². The highest BCUT2D eigenvalue weighted by Crippen LogP contribution is 2.09. The van der Waals surface area contributed by atoms with Crippen LogP contribution in [0.3, 0.4) is 0 Å². The van der Waals surface area contributed by atoms with E-state index in [2.05, 4.69) is 26.6 Å². The number of rotatable bonds is 22. The molecule has 21 heteroatoms. The Balaban J connectivity index is 6.04. The normalized spacial score (nSPS) is 15.2. The molecule has 21 nitrogen and oxygen atoms in total. The molecule has 6 amide bonds. The van der Waals surface area contributed by atoms with Crippen LogP contribution in [0.15, 0.2) is 0 Å². The lowest BCUT2D eigenvalue weighted by Gasteiger charge is -2.27. The predicted molar refractivity (Wildman–Crippen MR) is 161 cm³/mol. The van der Waals surface area contributed by atoms with Gasteiger partial charge >= 0.3 is 17.9 Å². The Labute approximate surface area is 274 Å². The van der Waals surface area contributed by atoms with Crippen molar-refractivity contribution in [3.63, 3.8) is 0 Å². The van der Waals surface area contributed by atoms with E-state index in [-0.39, 0.29) is 12.3 Å². The molecule has 0 fully saturated rings. The molecule has 0 aliphatic rings. The summed E-state index contributed by atoms with van der Waals surface area (Å²) in [5.74, 6) is -11.1. The minimum Gasteiger partial charge on any atom is -0.481 e. The molecule has 13 N–H and O–H groups in total. The van der Waals surface area contributed by atoms with Crippen LogP contribution in [0.25, 0.3) is 0 Å². The van der Waals surface area contributed by atoms with Gasteiger partial charge in [-0.1, -0.05) is 13.8 Å². The van der Waals surface area contributed by atoms with Crippen LogP contribution in [0, 0.1) is 5.92 Å². The molecule has 0 unspecified atom stereocenters. The molecule has 272 valence electrons. The minimum atomic E-state index is -1.87. The van der Waals surface area contributed by atoms with Gasteiger partial charge in [0.25, 0.3) is 0 Å². The number of carboxylic acids is 3. The van der Waals surface area contributed by atoms with Crippen molar-refractivity contribution < 1.29 is 68.7 Å². The van der Waals surface area contributed by atoms with Crippen LogP contribution in [0.2, 0.25) is 0 Å². The lowest BCUT2D eigenvalue weighted by molar-refractivity contribution is -0.145. The SMILES string of the molecule is CC(C)C[C@H](NC(=O)[C@H](CC(=O)O)NC(=O)[C@H](CO)NC(=O)[C@H](C)NC(=O)CN)C(=O)N[C@@H](CCC(=O)O)C(=O)N[C@H](C(=O)O)[C@@H](C)O. The molecule has 0 saturated carbocycles. The Morgan fingerprint density at radius 2 is 1.10 bits per heavy atom. The van der Waals surface area contributed by atoms with Gasteiger partial charge in [0, 0.05) is 6.42 Å². The molecule has 0 aliphatic heterocycles. The van der Waals surface area contributed by atoms with Crippen molar-refractivity contribution in [2.75, 3.05) is 13.2 Å². The zero-order valence-corrected chi connectivity index (χ0v) is 26.8. The average Bonchev–Trinajstić information content (AvgIpc) is 2.98. The fraction of sp³-hybridized carbons (Fsp3) is 0.667. The number of nitrogens with one attached hydrogen (secondary N) is 6. The van der Waals surface area contributed by atoms with Gasteiger partial charge in [0.2, 0.25) is 35.4 Å². The number of carbonyl (C=O) groups excluding carboxylic acids is 6. The fourth-order valence-electron chi connectivity index (χ4n) is 3.94. The number of nitrogens with two attached hydrogens (primary N) is 1. The second-order valence-corrected chi connectivity index (χ2v) is 11.1. The third-order valence-electron chi connectivity index (χ3n) is 6.45. The molecule has 48 heavy (non-hydrogen) atoms. The van der Waals surface area contributed by atoms with Gasteiger partial charge in [0.15, 0.2) is 6.04 Å². The molecule has 0 spiro atoms. The fourth-order valence-corrected chi connectivity index (χ4v) is 3.94. The van der Waals surface area contributed by atoms with E-state index in [0.717, 1.165) is 6.92 Å². The Kier molecular flexibility index (Phi) is 18.9. The van der Waals surface area contributed by atoms with Crippen molar-refractivity contribution >= 4 is 53.4 Å². The zero-order valence-electron chi connectivity index (χ0n) is 26.8. The number of carboxylic acid groups (broad SMARTS) is 3. The third kappa shape index (κ3) is 16.1. The maximum atomic E-state index is 13.3. The summed E-state index contributed by atoms with van der Waals surface area (Å²) >= 11 is 0. The van der Waals surface area contributed by atoms with Crippen LogP contribution < -0.4 is 37.6 Å². The molecule has 7 atom stereocenters. The van der Waals surface area contributed by atoms with Crippen molar-refractivity contribution in [2.24, 2.45) is 11.7 Å². The van der Waals surface area contributed by atoms with Gasteiger partial charge in [-0.3, -0.25) is 38.4 Å². The van der Waals surface area contributed by atoms with Crippen LogP contribution in [0.1, 0.15) is 53.4 Å². The van der Waals surface area contributed by atoms with Crippen LogP contribution >= 0.6 is 0 Å². The monoisotopic (exact) mass is 691 g/mol. The Morgan fingerprint density at radius 1 is 0.625 bits per heavy atom. The quantitative estimate of drug-likeness (QED) is 0.0504. The van der Waals surface area contributed by atoms with E-state index in [4.69, 9.17) is 10.8 Å². The first kappa shape index (κ1) is 43.1. The number of amides is 6. The maximum Gasteiger partial charge on any atom is 0.328 e. The van der Waals surface area contributed by atoms with E-state index in [1.807, 2.05) is 5.32 Å². The van der Waals surface area contributed by atoms with Crippen LogP contribution in [-0.2, 0) is 43.2 Å². The van der Waals surface area contributed by atoms with Crippen LogP contribution in [-0.4, -0.2) is 134 Å². The number of aliphatic hydroxyl groups excluding tert-OH is 2. The van der Waals surface area contributed by atoms with Crippen molar-refractivity contribution in [2.45, 2.75) is 95.7 Å². The highest BCUT2D eigenvalue weighted by molar-refractivity contribution is 5.98. The summed E-state index contributed by atoms with van der Waals surface area (Å²) < 4.78 is 0. The van der Waals surface area contributed by atoms with Crippen molar-refractivity contribution in [1.82, 2.24) is 31.9 Å². The van der Waals surface area contributed by atoms with E-state index < -0.39 is 128 Å². The largest absolute Gasteiger partial charge is 0.481 e. The van der Waals surface area contributed by atoms with Gasteiger partial charge in [0.05, 0.1) is 25.7 Å². The van der Waals surface area contributed by atoms with Crippen molar-refractivity contribution in [3.8, 4) is 0 Å². The van der Waals surface area contributed by atoms with Gasteiger partial charge in [-0.25, -0.2) is 4.79 Å². The van der Waals surface area contributed by atoms with Crippen molar-refractivity contribution in [1.29, 1.82) is 0 Å². The first-order chi connectivity index (χ1) is 22.2. The molecular weight excluding hydrogens is 646 g/mol. The number of aliphatic hydroxyl groups is 2. The Bertz CT molecular complexity index is 1200. The minimum absolute atomic E-state index is 0.119. The van der Waals surface area contributed by atoms with Gasteiger partial charge in [-0.2, -0.15) is 0 Å². The molecule has 0 aromatic rings. The first-order valence-corrected chi connectivity index (χ1v) is 14.7. The molecule has 0 radical (unpaired) electrons. The second kappa shape index (κ2) is 21.1. The summed E-state index contributed by atoms with van der Waals surface area (Å²) in [4.78, 5) is 110. The average molecular weight is 692 g/mol. The van der Waals surface area contributed by atoms with E-state index in [9.17, 15) is 63.6 Å². The lowest BCUT2D eigenvalue weighted by atomic mass is 10.0. The molecule has 0 aliphatic carbocycles. The number of hydrogen-bond acceptors (Lipinski definition) is 12. The van der Waals surface area contributed by atoms with Gasteiger partial charge < -0.3 is 63.2 Å². The number of aliphatic carboxylic acids is 3. The van der Waals surface area contributed by atoms with Crippen molar-refractivity contribution in [3.05, 3.63) is 0 Å². The molecule has 0 aromatic carbocycles. The molecule has 0 bridgehead atoms. The molecular formula is C27H45N7O14. The highest BCUT2D eigenvalue weighted by atomic mass is 16.4. The van der Waals surface area contributed by atoms with Crippen LogP contribution in [0.4, 0.5) is 0 Å². The molecule has 0 aromatic heterocycles. The van der Waals surface area contributed by atoms with Gasteiger partial charge in [0.1, 0.15) is 30.2 Å². The van der Waals surface area contributed by atoms with E-state index in [1.54, 1.807) is 13.8 Å². The molecule has 0 saturated heterocycles. The zero-order chi connectivity index (χ0) is 37.3. The third-order valence-corrected chi connectivity index (χ3v) is 6.45. The predicted octanol–water partition coefficient (Wildman–Crippen LogP) is -5.28. The van der Waals surface area contributed by atoms with E-state index >= 15 is 0 Å². The standard InChI is InChI=1S/C27H45N7O14/c1-11(2)7-15(24(44)30-14(5-6-19(38)39)23(43)34-21(13(4)36)27(47)48)31-25(45)16(8-20(40)41)32-26(46)17(10-35)33-22(42)12(3)29-18(37)9-28/h11-17,21,35-36H,5-10,28H2,1-4H3,(H,29,37)(H,30,44)(H,31,45)(H,32,46)(H,33,42)(H,34,43)(H,38,39)(H,40,41)(H,47,48)/t12-,13+,14-,15-,16-,17-,21-/m0/s1. The Hall–Kier alpha value is -4.89. The van der Waals surface area contributed by atoms with E-state index in [0.29, 0.717) is 0 Å². The number of carbonyl (C=O) groups is 9. The summed E-state index contributed by atoms with van der Waals surface area (Å²) in [7, 11) is 0. The first-order valence-electron chi connectivity index (χ1n) is 14.7. The number of hydrogen-bond donors (Lipinski definition) is 12. The second-order valence-electron chi connectivity index (χ2n) is 11.1. The van der Waals surface area contributed by atoms with Crippen LogP contribution in [0.5, 0.6) is 0 Å². The summed E-state index contributed by atoms with van der Waals surface area (Å²) in [6.07, 6.45) is -3.90.